The summed E-state index contributed by atoms with van der Waals surface area (Å²) in [7, 11) is 4.74. The maximum atomic E-state index is 12.8. The molecule has 2 N–H and O–H groups in total. The molecule has 0 spiro atoms. The minimum atomic E-state index is -0.275. The average Bonchev–Trinajstić information content (AvgIpc) is 3.50. The van der Waals surface area contributed by atoms with Crippen molar-refractivity contribution in [1.29, 1.82) is 0 Å². The molecule has 7 nitrogen and oxygen atoms in total. The van der Waals surface area contributed by atoms with Gasteiger partial charge in [-0.15, -0.1) is 11.3 Å². The van der Waals surface area contributed by atoms with Crippen LogP contribution in [0.5, 0.6) is 17.4 Å². The van der Waals surface area contributed by atoms with Gasteiger partial charge in [-0.3, -0.25) is 10.1 Å². The first kappa shape index (κ1) is 24.4. The van der Waals surface area contributed by atoms with Crippen LogP contribution in [-0.2, 0) is 6.42 Å². The predicted molar refractivity (Wildman–Crippen MR) is 136 cm³/mol. The highest BCUT2D eigenvalue weighted by molar-refractivity contribution is 7.16. The minimum absolute atomic E-state index is 0.275. The molecule has 0 bridgehead atoms. The van der Waals surface area contributed by atoms with Crippen LogP contribution in [0, 0.1) is 5.92 Å². The number of carbonyl (C=O) groups excluding carboxylic acids is 1. The van der Waals surface area contributed by atoms with Crippen LogP contribution in [0.15, 0.2) is 24.3 Å². The number of H-pyrrole nitrogens is 1. The lowest BCUT2D eigenvalue weighted by Crippen LogP contribution is -2.12. The summed E-state index contributed by atoms with van der Waals surface area (Å²) in [5.74, 6) is 2.14. The molecule has 1 amide bonds. The standard InChI is InChI=1S/C25H30ClN3O4S/c1-31-19-14-17(26)20(32-2)13-16(19)23-21(11-9-15-7-5-4-6-8-15)34-25(28-23)29-24(30)18-10-12-22(27-18)33-3/h10,12-15,27H,4-9,11H2,1-3H3,(H,28,29,30). The van der Waals surface area contributed by atoms with Gasteiger partial charge in [-0.2, -0.15) is 0 Å². The van der Waals surface area contributed by atoms with E-state index in [1.807, 2.05) is 6.07 Å². The van der Waals surface area contributed by atoms with E-state index in [9.17, 15) is 4.79 Å². The van der Waals surface area contributed by atoms with Crippen LogP contribution in [0.3, 0.4) is 0 Å². The summed E-state index contributed by atoms with van der Waals surface area (Å²) in [5.41, 5.74) is 1.98. The zero-order valence-corrected chi connectivity index (χ0v) is 21.3. The summed E-state index contributed by atoms with van der Waals surface area (Å²) in [6, 6.07) is 6.98. The van der Waals surface area contributed by atoms with Crippen molar-refractivity contribution in [3.63, 3.8) is 0 Å². The minimum Gasteiger partial charge on any atom is -0.496 e. The monoisotopic (exact) mass is 503 g/mol. The fourth-order valence-corrected chi connectivity index (χ4v) is 5.65. The van der Waals surface area contributed by atoms with Gasteiger partial charge < -0.3 is 19.2 Å². The van der Waals surface area contributed by atoms with Gasteiger partial charge in [-0.1, -0.05) is 43.7 Å². The quantitative estimate of drug-likeness (QED) is 0.344. The van der Waals surface area contributed by atoms with E-state index in [1.54, 1.807) is 39.5 Å². The molecule has 1 aromatic carbocycles. The Morgan fingerprint density at radius 2 is 1.88 bits per heavy atom. The predicted octanol–water partition coefficient (Wildman–Crippen LogP) is 6.58. The van der Waals surface area contributed by atoms with E-state index in [0.29, 0.717) is 33.2 Å². The van der Waals surface area contributed by atoms with E-state index in [1.165, 1.54) is 43.4 Å². The SMILES string of the molecule is COc1ccc(C(=O)Nc2nc(-c3cc(OC)c(Cl)cc3OC)c(CCC3CCCCC3)s2)[nH]1. The molecule has 3 aromatic rings. The Bertz CT molecular complexity index is 1140. The molecular formula is C25H30ClN3O4S. The number of aromatic nitrogens is 2. The summed E-state index contributed by atoms with van der Waals surface area (Å²) < 4.78 is 16.2. The van der Waals surface area contributed by atoms with Gasteiger partial charge in [0.15, 0.2) is 11.0 Å². The lowest BCUT2D eigenvalue weighted by Gasteiger charge is -2.21. The molecule has 182 valence electrons. The van der Waals surface area contributed by atoms with Gasteiger partial charge in [-0.25, -0.2) is 4.98 Å². The second-order valence-electron chi connectivity index (χ2n) is 8.42. The maximum Gasteiger partial charge on any atom is 0.273 e. The van der Waals surface area contributed by atoms with Crippen LogP contribution in [0.2, 0.25) is 5.02 Å². The third-order valence-corrected chi connectivity index (χ3v) is 7.60. The van der Waals surface area contributed by atoms with Crippen molar-refractivity contribution >= 4 is 34.0 Å². The smallest absolute Gasteiger partial charge is 0.273 e. The molecule has 2 heterocycles. The second kappa shape index (κ2) is 11.1. The van der Waals surface area contributed by atoms with Gasteiger partial charge >= 0.3 is 0 Å². The Balaban J connectivity index is 1.65. The van der Waals surface area contributed by atoms with Crippen LogP contribution in [0.4, 0.5) is 5.13 Å². The van der Waals surface area contributed by atoms with Gasteiger partial charge in [0.05, 0.1) is 32.0 Å². The van der Waals surface area contributed by atoms with Crippen molar-refractivity contribution < 1.29 is 19.0 Å². The first-order chi connectivity index (χ1) is 16.5. The Morgan fingerprint density at radius 1 is 1.12 bits per heavy atom. The molecule has 34 heavy (non-hydrogen) atoms. The normalized spacial score (nSPS) is 14.1. The lowest BCUT2D eigenvalue weighted by atomic mass is 9.86. The van der Waals surface area contributed by atoms with Crippen molar-refractivity contribution in [2.45, 2.75) is 44.9 Å². The molecule has 2 aromatic heterocycles. The molecule has 9 heteroatoms. The number of nitrogens with zero attached hydrogens (tertiary/aromatic N) is 1. The number of hydrogen-bond donors (Lipinski definition) is 2. The maximum absolute atomic E-state index is 12.8. The fraction of sp³-hybridized carbons (Fsp3) is 0.440. The topological polar surface area (TPSA) is 85.5 Å². The molecule has 0 saturated heterocycles. The van der Waals surface area contributed by atoms with Crippen LogP contribution < -0.4 is 19.5 Å². The number of carbonyl (C=O) groups is 1. The van der Waals surface area contributed by atoms with Crippen LogP contribution in [0.25, 0.3) is 11.3 Å². The average molecular weight is 504 g/mol. The number of aryl methyl sites for hydroxylation is 1. The Labute approximate surface area is 208 Å². The van der Waals surface area contributed by atoms with E-state index in [4.69, 9.17) is 30.8 Å². The highest BCUT2D eigenvalue weighted by Gasteiger charge is 2.22. The van der Waals surface area contributed by atoms with Crippen LogP contribution in [0.1, 0.15) is 53.9 Å². The number of halogens is 1. The number of methoxy groups -OCH3 is 3. The van der Waals surface area contributed by atoms with Crippen molar-refractivity contribution in [2.75, 3.05) is 26.6 Å². The number of thiazole rings is 1. The highest BCUT2D eigenvalue weighted by Crippen LogP contribution is 2.42. The van der Waals surface area contributed by atoms with Crippen molar-refractivity contribution in [2.24, 2.45) is 5.92 Å². The van der Waals surface area contributed by atoms with E-state index in [0.717, 1.165) is 34.9 Å². The Morgan fingerprint density at radius 3 is 2.56 bits per heavy atom. The van der Waals surface area contributed by atoms with Gasteiger partial charge in [0.25, 0.3) is 5.91 Å². The molecular weight excluding hydrogens is 474 g/mol. The first-order valence-corrected chi connectivity index (χ1v) is 12.7. The first-order valence-electron chi connectivity index (χ1n) is 11.5. The Kier molecular flexibility index (Phi) is 8.00. The largest absolute Gasteiger partial charge is 0.496 e. The van der Waals surface area contributed by atoms with Crippen LogP contribution in [-0.4, -0.2) is 37.2 Å². The number of amides is 1. The molecule has 1 saturated carbocycles. The van der Waals surface area contributed by atoms with Gasteiger partial charge in [0.2, 0.25) is 0 Å². The third-order valence-electron chi connectivity index (χ3n) is 6.28. The van der Waals surface area contributed by atoms with Crippen molar-refractivity contribution in [3.8, 4) is 28.6 Å². The summed E-state index contributed by atoms with van der Waals surface area (Å²) in [6.45, 7) is 0. The van der Waals surface area contributed by atoms with Gasteiger partial charge in [0.1, 0.15) is 17.2 Å². The molecule has 0 radical (unpaired) electrons. The lowest BCUT2D eigenvalue weighted by molar-refractivity contribution is 0.102. The summed E-state index contributed by atoms with van der Waals surface area (Å²) in [6.07, 6.45) is 8.51. The number of anilines is 1. The van der Waals surface area contributed by atoms with E-state index in [-0.39, 0.29) is 5.91 Å². The number of nitrogens with one attached hydrogen (secondary N) is 2. The zero-order chi connectivity index (χ0) is 24.1. The fourth-order valence-electron chi connectivity index (χ4n) is 4.43. The molecule has 4 rings (SSSR count). The second-order valence-corrected chi connectivity index (χ2v) is 9.91. The van der Waals surface area contributed by atoms with Gasteiger partial charge in [-0.05, 0) is 30.9 Å². The molecule has 1 fully saturated rings. The zero-order valence-electron chi connectivity index (χ0n) is 19.7. The molecule has 1 aliphatic carbocycles. The Hall–Kier alpha value is -2.71. The molecule has 0 aliphatic heterocycles. The molecule has 0 unspecified atom stereocenters. The van der Waals surface area contributed by atoms with Crippen molar-refractivity contribution in [1.82, 2.24) is 9.97 Å². The number of rotatable bonds is 9. The van der Waals surface area contributed by atoms with Crippen molar-refractivity contribution in [3.05, 3.63) is 39.9 Å². The summed E-state index contributed by atoms with van der Waals surface area (Å²) in [4.78, 5) is 21.6. The molecule has 0 atom stereocenters. The summed E-state index contributed by atoms with van der Waals surface area (Å²) in [5, 5.41) is 3.92. The number of ether oxygens (including phenoxy) is 3. The van der Waals surface area contributed by atoms with E-state index >= 15 is 0 Å². The van der Waals surface area contributed by atoms with Crippen LogP contribution >= 0.6 is 22.9 Å². The third kappa shape index (κ3) is 5.50. The highest BCUT2D eigenvalue weighted by atomic mass is 35.5. The number of benzene rings is 1. The molecule has 1 aliphatic rings. The van der Waals surface area contributed by atoms with E-state index < -0.39 is 0 Å². The summed E-state index contributed by atoms with van der Waals surface area (Å²) >= 11 is 7.83. The number of aromatic amines is 1. The number of hydrogen-bond acceptors (Lipinski definition) is 6. The van der Waals surface area contributed by atoms with Gasteiger partial charge in [0, 0.05) is 22.6 Å². The van der Waals surface area contributed by atoms with E-state index in [2.05, 4.69) is 10.3 Å².